The summed E-state index contributed by atoms with van der Waals surface area (Å²) in [6, 6.07) is 6.51. The van der Waals surface area contributed by atoms with Crippen molar-refractivity contribution in [3.8, 4) is 0 Å². The van der Waals surface area contributed by atoms with Crippen molar-refractivity contribution in [2.24, 2.45) is 0 Å². The number of amides is 1. The number of H-pyrrole nitrogens is 1. The van der Waals surface area contributed by atoms with Crippen LogP contribution in [0.4, 0.5) is 5.69 Å². The van der Waals surface area contributed by atoms with E-state index in [2.05, 4.69) is 20.3 Å². The Morgan fingerprint density at radius 1 is 1.15 bits per heavy atom. The van der Waals surface area contributed by atoms with Crippen LogP contribution in [0, 0.1) is 0 Å². The highest BCUT2D eigenvalue weighted by Gasteiger charge is 2.12. The highest BCUT2D eigenvalue weighted by atomic mass is 35.5. The molecule has 0 atom stereocenters. The Kier molecular flexibility index (Phi) is 3.30. The number of hydrogen-bond acceptors (Lipinski definition) is 3. The van der Waals surface area contributed by atoms with Crippen LogP contribution in [0.5, 0.6) is 0 Å². The number of hydrogen-bond donors (Lipinski definition) is 2. The van der Waals surface area contributed by atoms with Crippen molar-refractivity contribution in [1.29, 1.82) is 0 Å². The van der Waals surface area contributed by atoms with E-state index >= 15 is 0 Å². The molecule has 5 nitrogen and oxygen atoms in total. The van der Waals surface area contributed by atoms with Gasteiger partial charge in [-0.3, -0.25) is 4.79 Å². The van der Waals surface area contributed by atoms with Crippen LogP contribution in [0.1, 0.15) is 10.4 Å². The monoisotopic (exact) mass is 306 g/mol. The highest BCUT2D eigenvalue weighted by Crippen LogP contribution is 2.25. The molecular weight excluding hydrogens is 299 g/mol. The minimum Gasteiger partial charge on any atom is -0.343 e. The quantitative estimate of drug-likeness (QED) is 0.761. The normalized spacial score (nSPS) is 10.7. The van der Waals surface area contributed by atoms with Crippen LogP contribution in [-0.4, -0.2) is 20.9 Å². The number of aromatic amines is 1. The van der Waals surface area contributed by atoms with Gasteiger partial charge in [0.2, 0.25) is 0 Å². The lowest BCUT2D eigenvalue weighted by molar-refractivity contribution is 0.102. The molecule has 0 fully saturated rings. The SMILES string of the molecule is O=C(Nc1ccc(Cl)c(Cl)c1)c1ccnc2nc[nH]c12. The first-order valence-corrected chi connectivity index (χ1v) is 6.45. The van der Waals surface area contributed by atoms with Gasteiger partial charge in [-0.1, -0.05) is 23.2 Å². The molecule has 0 radical (unpaired) electrons. The molecule has 0 aliphatic carbocycles. The fourth-order valence-electron chi connectivity index (χ4n) is 1.81. The van der Waals surface area contributed by atoms with Crippen LogP contribution in [0.2, 0.25) is 10.0 Å². The van der Waals surface area contributed by atoms with Crippen LogP contribution in [0.25, 0.3) is 11.2 Å². The molecule has 2 heterocycles. The second kappa shape index (κ2) is 5.11. The standard InChI is InChI=1S/C13H8Cl2N4O/c14-9-2-1-7(5-10(9)15)19-13(20)8-3-4-16-12-11(8)17-6-18-12/h1-6H,(H,19,20)(H,16,17,18). The predicted molar refractivity (Wildman–Crippen MR) is 78.3 cm³/mol. The summed E-state index contributed by atoms with van der Waals surface area (Å²) in [5.41, 5.74) is 2.10. The summed E-state index contributed by atoms with van der Waals surface area (Å²) < 4.78 is 0. The Bertz CT molecular complexity index is 800. The third-order valence-electron chi connectivity index (χ3n) is 2.75. The van der Waals surface area contributed by atoms with Crippen LogP contribution >= 0.6 is 23.2 Å². The van der Waals surface area contributed by atoms with E-state index in [1.807, 2.05) is 0 Å². The molecule has 0 saturated carbocycles. The van der Waals surface area contributed by atoms with E-state index in [1.165, 1.54) is 12.5 Å². The number of carbonyl (C=O) groups is 1. The molecule has 2 N–H and O–H groups in total. The van der Waals surface area contributed by atoms with Gasteiger partial charge in [-0.05, 0) is 24.3 Å². The van der Waals surface area contributed by atoms with Gasteiger partial charge in [-0.25, -0.2) is 9.97 Å². The van der Waals surface area contributed by atoms with E-state index in [0.29, 0.717) is 32.5 Å². The van der Waals surface area contributed by atoms with Crippen LogP contribution in [0.15, 0.2) is 36.8 Å². The fourth-order valence-corrected chi connectivity index (χ4v) is 2.11. The summed E-state index contributed by atoms with van der Waals surface area (Å²) in [4.78, 5) is 23.2. The van der Waals surface area contributed by atoms with Crippen molar-refractivity contribution >= 4 is 46.0 Å². The third-order valence-corrected chi connectivity index (χ3v) is 3.49. The molecular formula is C13H8Cl2N4O. The van der Waals surface area contributed by atoms with E-state index in [4.69, 9.17) is 23.2 Å². The highest BCUT2D eigenvalue weighted by molar-refractivity contribution is 6.42. The number of carbonyl (C=O) groups excluding carboxylic acids is 1. The average molecular weight is 307 g/mol. The molecule has 3 aromatic rings. The van der Waals surface area contributed by atoms with Gasteiger partial charge in [0.05, 0.1) is 27.5 Å². The number of imidazole rings is 1. The first-order valence-electron chi connectivity index (χ1n) is 5.69. The number of rotatable bonds is 2. The Morgan fingerprint density at radius 3 is 2.80 bits per heavy atom. The van der Waals surface area contributed by atoms with Gasteiger partial charge in [0, 0.05) is 11.9 Å². The maximum Gasteiger partial charge on any atom is 0.257 e. The van der Waals surface area contributed by atoms with Gasteiger partial charge in [-0.15, -0.1) is 0 Å². The van der Waals surface area contributed by atoms with E-state index in [1.54, 1.807) is 24.3 Å². The van der Waals surface area contributed by atoms with Crippen molar-refractivity contribution < 1.29 is 4.79 Å². The number of pyridine rings is 1. The first kappa shape index (κ1) is 12.9. The lowest BCUT2D eigenvalue weighted by atomic mass is 10.2. The van der Waals surface area contributed by atoms with Crippen molar-refractivity contribution in [1.82, 2.24) is 15.0 Å². The summed E-state index contributed by atoms with van der Waals surface area (Å²) in [6.07, 6.45) is 3.03. The molecule has 0 aliphatic heterocycles. The zero-order chi connectivity index (χ0) is 14.1. The summed E-state index contributed by atoms with van der Waals surface area (Å²) in [5, 5.41) is 3.57. The summed E-state index contributed by atoms with van der Waals surface area (Å²) >= 11 is 11.7. The molecule has 20 heavy (non-hydrogen) atoms. The van der Waals surface area contributed by atoms with Crippen molar-refractivity contribution in [3.63, 3.8) is 0 Å². The van der Waals surface area contributed by atoms with Gasteiger partial charge >= 0.3 is 0 Å². The van der Waals surface area contributed by atoms with Crippen molar-refractivity contribution in [2.45, 2.75) is 0 Å². The maximum atomic E-state index is 12.3. The largest absolute Gasteiger partial charge is 0.343 e. The predicted octanol–water partition coefficient (Wildman–Crippen LogP) is 3.52. The molecule has 7 heteroatoms. The molecule has 3 rings (SSSR count). The second-order valence-corrected chi connectivity index (χ2v) is 4.86. The first-order chi connectivity index (χ1) is 9.65. The number of benzene rings is 1. The molecule has 0 saturated heterocycles. The summed E-state index contributed by atoms with van der Waals surface area (Å²) in [6.45, 7) is 0. The fraction of sp³-hybridized carbons (Fsp3) is 0. The van der Waals surface area contributed by atoms with Gasteiger partial charge in [0.15, 0.2) is 5.65 Å². The summed E-state index contributed by atoms with van der Waals surface area (Å²) in [7, 11) is 0. The third kappa shape index (κ3) is 2.33. The lowest BCUT2D eigenvalue weighted by Gasteiger charge is -2.06. The Morgan fingerprint density at radius 2 is 2.00 bits per heavy atom. The van der Waals surface area contributed by atoms with E-state index in [-0.39, 0.29) is 5.91 Å². The summed E-state index contributed by atoms with van der Waals surface area (Å²) in [5.74, 6) is -0.278. The molecule has 1 amide bonds. The number of fused-ring (bicyclic) bond motifs is 1. The molecule has 1 aromatic carbocycles. The zero-order valence-electron chi connectivity index (χ0n) is 10.0. The molecule has 0 aliphatic rings. The van der Waals surface area contributed by atoms with Crippen LogP contribution in [0.3, 0.4) is 0 Å². The molecule has 0 unspecified atom stereocenters. The van der Waals surface area contributed by atoms with E-state index in [9.17, 15) is 4.79 Å². The van der Waals surface area contributed by atoms with Crippen LogP contribution < -0.4 is 5.32 Å². The number of anilines is 1. The number of nitrogens with one attached hydrogen (secondary N) is 2. The average Bonchev–Trinajstić information content (AvgIpc) is 2.91. The topological polar surface area (TPSA) is 70.7 Å². The van der Waals surface area contributed by atoms with Gasteiger partial charge in [-0.2, -0.15) is 0 Å². The molecule has 0 spiro atoms. The Hall–Kier alpha value is -2.11. The molecule has 0 bridgehead atoms. The minimum atomic E-state index is -0.278. The van der Waals surface area contributed by atoms with Gasteiger partial charge < -0.3 is 10.3 Å². The number of nitrogens with zero attached hydrogens (tertiary/aromatic N) is 2. The van der Waals surface area contributed by atoms with Crippen molar-refractivity contribution in [2.75, 3.05) is 5.32 Å². The number of halogens is 2. The molecule has 2 aromatic heterocycles. The minimum absolute atomic E-state index is 0.278. The van der Waals surface area contributed by atoms with Gasteiger partial charge in [0.1, 0.15) is 0 Å². The van der Waals surface area contributed by atoms with Gasteiger partial charge in [0.25, 0.3) is 5.91 Å². The smallest absolute Gasteiger partial charge is 0.257 e. The second-order valence-electron chi connectivity index (χ2n) is 4.04. The zero-order valence-corrected chi connectivity index (χ0v) is 11.5. The van der Waals surface area contributed by atoms with Crippen LogP contribution in [-0.2, 0) is 0 Å². The number of aromatic nitrogens is 3. The molecule has 100 valence electrons. The van der Waals surface area contributed by atoms with Crippen molar-refractivity contribution in [3.05, 3.63) is 52.4 Å². The van der Waals surface area contributed by atoms with E-state index < -0.39 is 0 Å². The maximum absolute atomic E-state index is 12.3. The lowest BCUT2D eigenvalue weighted by Crippen LogP contribution is -2.12. The van der Waals surface area contributed by atoms with E-state index in [0.717, 1.165) is 0 Å². The Balaban J connectivity index is 1.93. The Labute approximate surface area is 124 Å².